The Hall–Kier alpha value is -0.980. The Morgan fingerprint density at radius 1 is 1.29 bits per heavy atom. The maximum atomic E-state index is 5.58. The largest absolute Gasteiger partial charge is 0.329 e. The molecule has 1 aromatic heterocycles. The highest BCUT2D eigenvalue weighted by Crippen LogP contribution is 2.04. The average molecular weight is 240 g/mol. The van der Waals surface area contributed by atoms with Crippen LogP contribution in [0.1, 0.15) is 19.7 Å². The van der Waals surface area contributed by atoms with E-state index in [-0.39, 0.29) is 0 Å². The van der Waals surface area contributed by atoms with Gasteiger partial charge < -0.3 is 11.5 Å². The number of hydrogen-bond acceptors (Lipinski definition) is 5. The van der Waals surface area contributed by atoms with E-state index < -0.39 is 0 Å². The maximum absolute atomic E-state index is 5.58. The molecule has 0 spiro atoms. The zero-order valence-electron chi connectivity index (χ0n) is 10.8. The minimum Gasteiger partial charge on any atom is -0.329 e. The summed E-state index contributed by atoms with van der Waals surface area (Å²) < 4.78 is 1.96. The highest BCUT2D eigenvalue weighted by molar-refractivity contribution is 4.85. The molecule has 0 amide bonds. The van der Waals surface area contributed by atoms with Gasteiger partial charge in [-0.25, -0.2) is 9.67 Å². The molecule has 1 aromatic rings. The first kappa shape index (κ1) is 14.1. The molecule has 0 aromatic carbocycles. The van der Waals surface area contributed by atoms with Gasteiger partial charge in [0.2, 0.25) is 0 Å². The van der Waals surface area contributed by atoms with Crippen molar-refractivity contribution >= 4 is 0 Å². The second kappa shape index (κ2) is 7.37. The van der Waals surface area contributed by atoms with Crippen molar-refractivity contribution in [3.8, 4) is 0 Å². The third-order valence-corrected chi connectivity index (χ3v) is 2.49. The molecule has 6 heteroatoms. The van der Waals surface area contributed by atoms with E-state index in [0.29, 0.717) is 19.0 Å². The highest BCUT2D eigenvalue weighted by Gasteiger charge is 2.10. The van der Waals surface area contributed by atoms with E-state index in [9.17, 15) is 0 Å². The second-order valence-electron chi connectivity index (χ2n) is 4.61. The Morgan fingerprint density at radius 3 is 2.47 bits per heavy atom. The molecule has 1 heterocycles. The summed E-state index contributed by atoms with van der Waals surface area (Å²) in [4.78, 5) is 6.51. The Kier molecular flexibility index (Phi) is 6.10. The second-order valence-corrected chi connectivity index (χ2v) is 4.61. The van der Waals surface area contributed by atoms with Crippen LogP contribution >= 0.6 is 0 Å². The van der Waals surface area contributed by atoms with Crippen molar-refractivity contribution in [2.75, 3.05) is 26.2 Å². The summed E-state index contributed by atoms with van der Waals surface area (Å²) in [5.41, 5.74) is 11.2. The van der Waals surface area contributed by atoms with Gasteiger partial charge in [-0.15, -0.1) is 0 Å². The number of nitrogens with two attached hydrogens (primary N) is 2. The third-order valence-electron chi connectivity index (χ3n) is 2.49. The van der Waals surface area contributed by atoms with Gasteiger partial charge in [0.15, 0.2) is 0 Å². The first-order valence-electron chi connectivity index (χ1n) is 6.16. The van der Waals surface area contributed by atoms with Gasteiger partial charge >= 0.3 is 0 Å². The Morgan fingerprint density at radius 2 is 1.94 bits per heavy atom. The smallest absolute Gasteiger partial charge is 0.141 e. The molecule has 0 atom stereocenters. The van der Waals surface area contributed by atoms with Gasteiger partial charge in [0.1, 0.15) is 12.2 Å². The number of hydrogen-bond donors (Lipinski definition) is 2. The van der Waals surface area contributed by atoms with Crippen LogP contribution < -0.4 is 11.5 Å². The van der Waals surface area contributed by atoms with Gasteiger partial charge in [0.25, 0.3) is 0 Å². The Balaban J connectivity index is 2.61. The van der Waals surface area contributed by atoms with Gasteiger partial charge in [-0.2, -0.15) is 5.10 Å². The summed E-state index contributed by atoms with van der Waals surface area (Å²) in [7, 11) is 0. The SMILES string of the molecule is CC(C)Cn1ncnc1CN(CCN)CCN. The highest BCUT2D eigenvalue weighted by atomic mass is 15.3. The van der Waals surface area contributed by atoms with E-state index in [1.807, 2.05) is 4.68 Å². The fraction of sp³-hybridized carbons (Fsp3) is 0.818. The van der Waals surface area contributed by atoms with Crippen molar-refractivity contribution in [3.05, 3.63) is 12.2 Å². The van der Waals surface area contributed by atoms with E-state index >= 15 is 0 Å². The molecule has 98 valence electrons. The van der Waals surface area contributed by atoms with Gasteiger partial charge in [-0.1, -0.05) is 13.8 Å². The minimum absolute atomic E-state index is 0.563. The van der Waals surface area contributed by atoms with Crippen LogP contribution in [0.2, 0.25) is 0 Å². The molecule has 0 unspecified atom stereocenters. The molecule has 0 bridgehead atoms. The number of rotatable bonds is 8. The molecule has 4 N–H and O–H groups in total. The lowest BCUT2D eigenvalue weighted by Crippen LogP contribution is -2.34. The fourth-order valence-electron chi connectivity index (χ4n) is 1.74. The molecule has 17 heavy (non-hydrogen) atoms. The van der Waals surface area contributed by atoms with Crippen LogP contribution in [0.25, 0.3) is 0 Å². The first-order chi connectivity index (χ1) is 8.17. The summed E-state index contributed by atoms with van der Waals surface area (Å²) in [5.74, 6) is 1.55. The maximum Gasteiger partial charge on any atom is 0.141 e. The van der Waals surface area contributed by atoms with Crippen molar-refractivity contribution in [1.29, 1.82) is 0 Å². The van der Waals surface area contributed by atoms with Crippen LogP contribution in [0.4, 0.5) is 0 Å². The van der Waals surface area contributed by atoms with E-state index in [2.05, 4.69) is 28.8 Å². The average Bonchev–Trinajstić information content (AvgIpc) is 2.65. The lowest BCUT2D eigenvalue weighted by atomic mass is 10.2. The lowest BCUT2D eigenvalue weighted by Gasteiger charge is -2.20. The molecule has 1 rings (SSSR count). The van der Waals surface area contributed by atoms with Crippen molar-refractivity contribution < 1.29 is 0 Å². The predicted octanol–water partition coefficient (Wildman–Crippen LogP) is -0.346. The van der Waals surface area contributed by atoms with Gasteiger partial charge in [-0.3, -0.25) is 4.90 Å². The third kappa shape index (κ3) is 4.80. The zero-order valence-corrected chi connectivity index (χ0v) is 10.8. The normalized spacial score (nSPS) is 11.6. The zero-order chi connectivity index (χ0) is 12.7. The molecular weight excluding hydrogens is 216 g/mol. The summed E-state index contributed by atoms with van der Waals surface area (Å²) in [5, 5.41) is 4.25. The first-order valence-corrected chi connectivity index (χ1v) is 6.16. The molecule has 0 radical (unpaired) electrons. The van der Waals surface area contributed by atoms with Crippen molar-refractivity contribution in [1.82, 2.24) is 19.7 Å². The lowest BCUT2D eigenvalue weighted by molar-refractivity contribution is 0.265. The van der Waals surface area contributed by atoms with E-state index in [1.165, 1.54) is 0 Å². The van der Waals surface area contributed by atoms with Crippen molar-refractivity contribution in [3.63, 3.8) is 0 Å². The van der Waals surface area contributed by atoms with E-state index in [0.717, 1.165) is 32.0 Å². The van der Waals surface area contributed by atoms with E-state index in [4.69, 9.17) is 11.5 Å². The van der Waals surface area contributed by atoms with Gasteiger partial charge in [-0.05, 0) is 5.92 Å². The fourth-order valence-corrected chi connectivity index (χ4v) is 1.74. The van der Waals surface area contributed by atoms with Crippen LogP contribution in [0, 0.1) is 5.92 Å². The van der Waals surface area contributed by atoms with E-state index in [1.54, 1.807) is 6.33 Å². The molecule has 0 aliphatic rings. The summed E-state index contributed by atoms with van der Waals surface area (Å²) in [6.07, 6.45) is 1.61. The molecular formula is C11H24N6. The summed E-state index contributed by atoms with van der Waals surface area (Å²) in [6.45, 7) is 8.95. The van der Waals surface area contributed by atoms with Gasteiger partial charge in [0, 0.05) is 32.7 Å². The van der Waals surface area contributed by atoms with Crippen LogP contribution in [0.5, 0.6) is 0 Å². The van der Waals surface area contributed by atoms with Crippen LogP contribution in [0.15, 0.2) is 6.33 Å². The van der Waals surface area contributed by atoms with Crippen LogP contribution in [0.3, 0.4) is 0 Å². The Bertz CT molecular complexity index is 303. The van der Waals surface area contributed by atoms with Gasteiger partial charge in [0.05, 0.1) is 6.54 Å². The topological polar surface area (TPSA) is 86.0 Å². The number of nitrogens with zero attached hydrogens (tertiary/aromatic N) is 4. The molecule has 0 saturated carbocycles. The molecule has 0 fully saturated rings. The quantitative estimate of drug-likeness (QED) is 0.649. The summed E-state index contributed by atoms with van der Waals surface area (Å²) in [6, 6.07) is 0. The van der Waals surface area contributed by atoms with Crippen LogP contribution in [-0.4, -0.2) is 45.8 Å². The molecule has 0 aliphatic heterocycles. The van der Waals surface area contributed by atoms with Crippen molar-refractivity contribution in [2.24, 2.45) is 17.4 Å². The molecule has 0 aliphatic carbocycles. The number of aromatic nitrogens is 3. The molecule has 6 nitrogen and oxygen atoms in total. The standard InChI is InChI=1S/C11H24N6/c1-10(2)7-17-11(14-9-15-17)8-16(5-3-12)6-4-13/h9-10H,3-8,12-13H2,1-2H3. The Labute approximate surface area is 103 Å². The van der Waals surface area contributed by atoms with Crippen LogP contribution in [-0.2, 0) is 13.1 Å². The minimum atomic E-state index is 0.563. The monoisotopic (exact) mass is 240 g/mol. The van der Waals surface area contributed by atoms with Crippen molar-refractivity contribution in [2.45, 2.75) is 26.9 Å². The molecule has 0 saturated heterocycles. The summed E-state index contributed by atoms with van der Waals surface area (Å²) >= 11 is 0. The predicted molar refractivity (Wildman–Crippen MR) is 68.2 cm³/mol.